The predicted molar refractivity (Wildman–Crippen MR) is 123 cm³/mol. The van der Waals surface area contributed by atoms with Crippen LogP contribution in [0.25, 0.3) is 0 Å². The average molecular weight is 475 g/mol. The number of fused-ring (bicyclic) bond motifs is 2. The molecule has 2 aromatic carbocycles. The summed E-state index contributed by atoms with van der Waals surface area (Å²) in [6.45, 7) is 0.422. The molecule has 8 heteroatoms. The van der Waals surface area contributed by atoms with Gasteiger partial charge in [-0.15, -0.1) is 0 Å². The summed E-state index contributed by atoms with van der Waals surface area (Å²) in [6.07, 6.45) is 2.61. The molecule has 1 saturated carbocycles. The van der Waals surface area contributed by atoms with Crippen LogP contribution in [0.3, 0.4) is 0 Å². The van der Waals surface area contributed by atoms with Crippen LogP contribution in [0.15, 0.2) is 42.5 Å². The number of anilines is 1. The van der Waals surface area contributed by atoms with E-state index in [1.54, 1.807) is 18.2 Å². The Labute approximate surface area is 196 Å². The fourth-order valence-electron chi connectivity index (χ4n) is 5.01. The number of carbonyl (C=O) groups is 3. The van der Waals surface area contributed by atoms with E-state index in [9.17, 15) is 14.4 Å². The first kappa shape index (κ1) is 22.6. The van der Waals surface area contributed by atoms with Crippen LogP contribution in [0.2, 0.25) is 10.0 Å². The van der Waals surface area contributed by atoms with Crippen molar-refractivity contribution in [3.05, 3.63) is 63.6 Å². The zero-order chi connectivity index (χ0) is 22.8. The smallest absolute Gasteiger partial charge is 0.303 e. The largest absolute Gasteiger partial charge is 0.481 e. The van der Waals surface area contributed by atoms with Crippen LogP contribution >= 0.6 is 23.2 Å². The molecule has 32 heavy (non-hydrogen) atoms. The second kappa shape index (κ2) is 9.51. The number of carboxylic acid groups (broad SMARTS) is 1. The van der Waals surface area contributed by atoms with Crippen molar-refractivity contribution in [1.29, 1.82) is 0 Å². The van der Waals surface area contributed by atoms with Gasteiger partial charge in [-0.1, -0.05) is 47.8 Å². The van der Waals surface area contributed by atoms with Crippen molar-refractivity contribution in [1.82, 2.24) is 5.32 Å². The fourth-order valence-corrected chi connectivity index (χ4v) is 5.31. The number of rotatable bonds is 6. The van der Waals surface area contributed by atoms with Gasteiger partial charge >= 0.3 is 5.97 Å². The first-order chi connectivity index (χ1) is 15.4. The lowest BCUT2D eigenvalue weighted by Crippen LogP contribution is -2.49. The van der Waals surface area contributed by atoms with E-state index >= 15 is 0 Å². The third-order valence-corrected chi connectivity index (χ3v) is 7.19. The van der Waals surface area contributed by atoms with E-state index in [0.717, 1.165) is 30.5 Å². The molecule has 1 aliphatic carbocycles. The molecule has 6 nitrogen and oxygen atoms in total. The summed E-state index contributed by atoms with van der Waals surface area (Å²) in [5.74, 6) is -1.11. The molecule has 3 atom stereocenters. The molecule has 0 radical (unpaired) electrons. The Hall–Kier alpha value is -2.57. The van der Waals surface area contributed by atoms with Gasteiger partial charge in [0.1, 0.15) is 0 Å². The molecular weight excluding hydrogens is 451 g/mol. The van der Waals surface area contributed by atoms with Gasteiger partial charge in [0.2, 0.25) is 5.91 Å². The second-order valence-corrected chi connectivity index (χ2v) is 9.14. The minimum absolute atomic E-state index is 0.0211. The molecule has 4 rings (SSSR count). The number of nitrogens with one attached hydrogen (secondary N) is 1. The zero-order valence-corrected chi connectivity index (χ0v) is 18.9. The maximum atomic E-state index is 13.6. The summed E-state index contributed by atoms with van der Waals surface area (Å²) in [6, 6.07) is 12.7. The van der Waals surface area contributed by atoms with E-state index in [4.69, 9.17) is 28.3 Å². The first-order valence-corrected chi connectivity index (χ1v) is 11.5. The number of hydrogen-bond acceptors (Lipinski definition) is 3. The Morgan fingerprint density at radius 1 is 1.03 bits per heavy atom. The summed E-state index contributed by atoms with van der Waals surface area (Å²) in [5, 5.41) is 12.5. The van der Waals surface area contributed by atoms with Gasteiger partial charge in [-0.3, -0.25) is 14.4 Å². The Balaban J connectivity index is 1.63. The maximum absolute atomic E-state index is 13.6. The van der Waals surface area contributed by atoms with Crippen LogP contribution in [0.1, 0.15) is 53.9 Å². The molecule has 3 unspecified atom stereocenters. The number of carboxylic acids is 1. The van der Waals surface area contributed by atoms with Crippen molar-refractivity contribution in [2.45, 2.75) is 44.1 Å². The second-order valence-electron chi connectivity index (χ2n) is 8.33. The number of nitrogens with zero attached hydrogens (tertiary/aromatic N) is 1. The van der Waals surface area contributed by atoms with Crippen LogP contribution < -0.4 is 10.2 Å². The summed E-state index contributed by atoms with van der Waals surface area (Å²) in [5.41, 5.74) is 2.35. The zero-order valence-electron chi connectivity index (χ0n) is 17.4. The highest BCUT2D eigenvalue weighted by Gasteiger charge is 2.45. The minimum Gasteiger partial charge on any atom is -0.481 e. The van der Waals surface area contributed by atoms with Gasteiger partial charge in [-0.05, 0) is 48.6 Å². The van der Waals surface area contributed by atoms with E-state index in [2.05, 4.69) is 5.32 Å². The lowest BCUT2D eigenvalue weighted by atomic mass is 9.77. The van der Waals surface area contributed by atoms with E-state index in [1.165, 1.54) is 0 Å². The van der Waals surface area contributed by atoms with Crippen molar-refractivity contribution in [3.8, 4) is 0 Å². The molecule has 0 saturated heterocycles. The van der Waals surface area contributed by atoms with E-state index in [1.807, 2.05) is 29.2 Å². The molecule has 0 spiro atoms. The molecular formula is C24H24Cl2N2O4. The summed E-state index contributed by atoms with van der Waals surface area (Å²) < 4.78 is 0. The van der Waals surface area contributed by atoms with Crippen LogP contribution in [0.4, 0.5) is 5.69 Å². The summed E-state index contributed by atoms with van der Waals surface area (Å²) in [4.78, 5) is 38.4. The average Bonchev–Trinajstić information content (AvgIpc) is 3.26. The number of benzene rings is 2. The number of halogens is 2. The lowest BCUT2D eigenvalue weighted by Gasteiger charge is -2.44. The molecule has 0 aromatic heterocycles. The number of amides is 2. The normalized spacial score (nSPS) is 21.6. The molecule has 2 amide bonds. The molecule has 1 fully saturated rings. The minimum atomic E-state index is -0.990. The van der Waals surface area contributed by atoms with Crippen molar-refractivity contribution in [3.63, 3.8) is 0 Å². The maximum Gasteiger partial charge on any atom is 0.303 e. The monoisotopic (exact) mass is 474 g/mol. The van der Waals surface area contributed by atoms with Crippen LogP contribution in [-0.4, -0.2) is 35.5 Å². The quantitative estimate of drug-likeness (QED) is 0.623. The molecule has 2 aromatic rings. The third-order valence-electron chi connectivity index (χ3n) is 6.45. The molecule has 1 aliphatic heterocycles. The number of para-hydroxylation sites is 1. The highest BCUT2D eigenvalue weighted by molar-refractivity contribution is 6.42. The highest BCUT2D eigenvalue weighted by atomic mass is 35.5. The van der Waals surface area contributed by atoms with Gasteiger partial charge < -0.3 is 15.3 Å². The Morgan fingerprint density at radius 2 is 1.81 bits per heavy atom. The van der Waals surface area contributed by atoms with Crippen molar-refractivity contribution >= 4 is 46.7 Å². The topological polar surface area (TPSA) is 86.7 Å². The lowest BCUT2D eigenvalue weighted by molar-refractivity contribution is -0.138. The number of hydrogen-bond donors (Lipinski definition) is 2. The number of carbonyl (C=O) groups excluding carboxylic acids is 2. The van der Waals surface area contributed by atoms with E-state index < -0.39 is 5.97 Å². The molecule has 1 heterocycles. The fraction of sp³-hybridized carbons (Fsp3) is 0.375. The predicted octanol–water partition coefficient (Wildman–Crippen LogP) is 4.89. The van der Waals surface area contributed by atoms with Crippen LogP contribution in [-0.2, 0) is 9.59 Å². The van der Waals surface area contributed by atoms with Gasteiger partial charge in [-0.25, -0.2) is 0 Å². The van der Waals surface area contributed by atoms with Crippen molar-refractivity contribution < 1.29 is 19.5 Å². The Bertz CT molecular complexity index is 1060. The van der Waals surface area contributed by atoms with Gasteiger partial charge in [0.05, 0.1) is 16.5 Å². The standard InChI is InChI=1S/C24H24Cl2N2O4/c25-18-9-8-14(12-19(18)26)24(32)28-20-6-2-1-4-15(20)17(16-5-3-7-21(16)28)13-27-22(29)10-11-23(30)31/h1-2,4,6,8-9,12,16-17,21H,3,5,7,10-11,13H2,(H,27,29)(H,30,31). The molecule has 168 valence electrons. The molecule has 0 bridgehead atoms. The molecule has 2 N–H and O–H groups in total. The number of aliphatic carboxylic acids is 1. The summed E-state index contributed by atoms with van der Waals surface area (Å²) >= 11 is 12.2. The van der Waals surface area contributed by atoms with Gasteiger partial charge in [0.25, 0.3) is 5.91 Å². The summed E-state index contributed by atoms with van der Waals surface area (Å²) in [7, 11) is 0. The van der Waals surface area contributed by atoms with Crippen LogP contribution in [0, 0.1) is 5.92 Å². The molecule has 2 aliphatic rings. The highest BCUT2D eigenvalue weighted by Crippen LogP contribution is 2.49. The first-order valence-electron chi connectivity index (χ1n) is 10.7. The Morgan fingerprint density at radius 3 is 2.56 bits per heavy atom. The third kappa shape index (κ3) is 4.48. The SMILES string of the molecule is O=C(O)CCC(=O)NCC1c2ccccc2N(C(=O)c2ccc(Cl)c(Cl)c2)C2CCCC12. The van der Waals surface area contributed by atoms with Crippen molar-refractivity contribution in [2.24, 2.45) is 5.92 Å². The van der Waals surface area contributed by atoms with E-state index in [0.29, 0.717) is 22.2 Å². The van der Waals surface area contributed by atoms with Crippen LogP contribution in [0.5, 0.6) is 0 Å². The van der Waals surface area contributed by atoms with Gasteiger partial charge in [0.15, 0.2) is 0 Å². The Kier molecular flexibility index (Phi) is 6.72. The van der Waals surface area contributed by atoms with Crippen molar-refractivity contribution in [2.75, 3.05) is 11.4 Å². The van der Waals surface area contributed by atoms with Gasteiger partial charge in [-0.2, -0.15) is 0 Å². The van der Waals surface area contributed by atoms with E-state index in [-0.39, 0.29) is 42.5 Å². The van der Waals surface area contributed by atoms with Gasteiger partial charge in [0, 0.05) is 36.2 Å².